The number of hydrogen-bond donors (Lipinski definition) is 4. The maximum absolute atomic E-state index is 10.8. The van der Waals surface area contributed by atoms with E-state index < -0.39 is 18.2 Å². The van der Waals surface area contributed by atoms with Gasteiger partial charge in [-0.3, -0.25) is 5.10 Å². The Bertz CT molecular complexity index is 597. The zero-order valence-electron chi connectivity index (χ0n) is 10.3. The summed E-state index contributed by atoms with van der Waals surface area (Å²) in [6, 6.07) is 8.19. The molecule has 1 aromatic carbocycles. The molecule has 0 aliphatic rings. The summed E-state index contributed by atoms with van der Waals surface area (Å²) in [6.45, 7) is 0. The molecule has 2 aromatic rings. The van der Waals surface area contributed by atoms with Gasteiger partial charge in [0.25, 0.3) is 0 Å². The van der Waals surface area contributed by atoms with Crippen molar-refractivity contribution in [3.63, 3.8) is 0 Å². The average Bonchev–Trinajstić information content (AvgIpc) is 2.96. The minimum absolute atomic E-state index is 0.0128. The van der Waals surface area contributed by atoms with E-state index in [0.29, 0.717) is 11.3 Å². The molecule has 1 heterocycles. The van der Waals surface area contributed by atoms with Crippen LogP contribution in [0, 0.1) is 0 Å². The van der Waals surface area contributed by atoms with E-state index in [4.69, 9.17) is 5.11 Å². The fraction of sp³-hybridized carbons (Fsp3) is 0.231. The van der Waals surface area contributed by atoms with E-state index in [1.165, 1.54) is 6.07 Å². The molecule has 0 aliphatic carbocycles. The minimum atomic E-state index is -1.07. The molecule has 1 aromatic heterocycles. The Hall–Kier alpha value is -1.70. The van der Waals surface area contributed by atoms with Gasteiger partial charge in [0.05, 0.1) is 11.8 Å². The molecule has 2 unspecified atom stereocenters. The smallest absolute Gasteiger partial charge is 0.353 e. The van der Waals surface area contributed by atoms with Crippen LogP contribution in [0.5, 0.6) is 0 Å². The van der Waals surface area contributed by atoms with Crippen molar-refractivity contribution in [2.45, 2.75) is 12.2 Å². The van der Waals surface area contributed by atoms with Crippen molar-refractivity contribution in [2.75, 3.05) is 5.33 Å². The predicted molar refractivity (Wildman–Crippen MR) is 75.7 cm³/mol. The van der Waals surface area contributed by atoms with Gasteiger partial charge in [0, 0.05) is 10.9 Å². The number of carboxylic acid groups (broad SMARTS) is 1. The first-order valence-corrected chi connectivity index (χ1v) is 6.96. The maximum Gasteiger partial charge on any atom is 0.353 e. The number of aromatic nitrogens is 2. The first-order chi connectivity index (χ1) is 9.52. The lowest BCUT2D eigenvalue weighted by Crippen LogP contribution is -2.19. The van der Waals surface area contributed by atoms with Gasteiger partial charge in [0.1, 0.15) is 11.8 Å². The van der Waals surface area contributed by atoms with Crippen LogP contribution in [0.25, 0.3) is 11.3 Å². The Morgan fingerprint density at radius 2 is 1.95 bits per heavy atom. The molecule has 0 spiro atoms. The van der Waals surface area contributed by atoms with Gasteiger partial charge >= 0.3 is 5.97 Å². The number of nitrogens with zero attached hydrogens (tertiary/aromatic N) is 1. The molecule has 0 bridgehead atoms. The SMILES string of the molecule is O=C(O)c1cc(-c2ccc(C(O)C(O)CBr)cc2)n[nH]1. The van der Waals surface area contributed by atoms with Crippen LogP contribution in [0.15, 0.2) is 30.3 Å². The van der Waals surface area contributed by atoms with Gasteiger partial charge in [-0.25, -0.2) is 4.79 Å². The lowest BCUT2D eigenvalue weighted by Gasteiger charge is -2.15. The monoisotopic (exact) mass is 340 g/mol. The zero-order chi connectivity index (χ0) is 14.7. The van der Waals surface area contributed by atoms with E-state index in [0.717, 1.165) is 5.56 Å². The quantitative estimate of drug-likeness (QED) is 0.618. The van der Waals surface area contributed by atoms with Crippen LogP contribution in [0.3, 0.4) is 0 Å². The number of alkyl halides is 1. The second-order valence-electron chi connectivity index (χ2n) is 4.26. The summed E-state index contributed by atoms with van der Waals surface area (Å²) in [7, 11) is 0. The summed E-state index contributed by atoms with van der Waals surface area (Å²) in [5.41, 5.74) is 1.82. The summed E-state index contributed by atoms with van der Waals surface area (Å²) in [5.74, 6) is -1.07. The Morgan fingerprint density at radius 1 is 1.30 bits per heavy atom. The second kappa shape index (κ2) is 6.17. The number of aromatic amines is 1. The molecule has 106 valence electrons. The molecule has 20 heavy (non-hydrogen) atoms. The van der Waals surface area contributed by atoms with Gasteiger partial charge in [-0.2, -0.15) is 5.10 Å². The lowest BCUT2D eigenvalue weighted by molar-refractivity contribution is 0.0343. The highest BCUT2D eigenvalue weighted by Crippen LogP contribution is 2.23. The number of halogens is 1. The molecule has 0 saturated carbocycles. The molecule has 0 fully saturated rings. The predicted octanol–water partition coefficient (Wildman–Crippen LogP) is 1.56. The molecule has 0 saturated heterocycles. The van der Waals surface area contributed by atoms with E-state index in [1.807, 2.05) is 0 Å². The maximum atomic E-state index is 10.8. The number of H-pyrrole nitrogens is 1. The van der Waals surface area contributed by atoms with Crippen LogP contribution in [0.1, 0.15) is 22.2 Å². The van der Waals surface area contributed by atoms with E-state index in [2.05, 4.69) is 26.1 Å². The topological polar surface area (TPSA) is 106 Å². The largest absolute Gasteiger partial charge is 0.477 e. The highest BCUT2D eigenvalue weighted by Gasteiger charge is 2.17. The molecule has 2 rings (SSSR count). The number of rotatable bonds is 5. The number of aliphatic hydroxyl groups is 2. The number of nitrogens with one attached hydrogen (secondary N) is 1. The number of carbonyl (C=O) groups is 1. The first-order valence-electron chi connectivity index (χ1n) is 5.84. The van der Waals surface area contributed by atoms with Gasteiger partial charge in [-0.15, -0.1) is 0 Å². The standard InChI is InChI=1S/C13H13BrN2O4/c14-6-11(17)12(18)8-3-1-7(2-4-8)9-5-10(13(19)20)16-15-9/h1-5,11-12,17-18H,6H2,(H,15,16)(H,19,20). The van der Waals surface area contributed by atoms with Crippen LogP contribution in [-0.2, 0) is 0 Å². The van der Waals surface area contributed by atoms with Crippen LogP contribution in [-0.4, -0.2) is 42.9 Å². The second-order valence-corrected chi connectivity index (χ2v) is 4.91. The third-order valence-corrected chi connectivity index (χ3v) is 3.54. The third kappa shape index (κ3) is 3.06. The molecule has 7 heteroatoms. The summed E-state index contributed by atoms with van der Waals surface area (Å²) < 4.78 is 0. The van der Waals surface area contributed by atoms with Gasteiger partial charge < -0.3 is 15.3 Å². The molecule has 0 aliphatic heterocycles. The molecular formula is C13H13BrN2O4. The van der Waals surface area contributed by atoms with E-state index in [-0.39, 0.29) is 11.0 Å². The highest BCUT2D eigenvalue weighted by molar-refractivity contribution is 9.09. The Morgan fingerprint density at radius 3 is 2.45 bits per heavy atom. The summed E-state index contributed by atoms with van der Waals surface area (Å²) in [5, 5.41) is 34.8. The number of carboxylic acids is 1. The fourth-order valence-electron chi connectivity index (χ4n) is 1.74. The molecular weight excluding hydrogens is 328 g/mol. The molecule has 0 radical (unpaired) electrons. The highest BCUT2D eigenvalue weighted by atomic mass is 79.9. The third-order valence-electron chi connectivity index (χ3n) is 2.88. The van der Waals surface area contributed by atoms with Gasteiger partial charge in [0.15, 0.2) is 0 Å². The van der Waals surface area contributed by atoms with Crippen molar-refractivity contribution in [1.29, 1.82) is 0 Å². The van der Waals surface area contributed by atoms with Crippen molar-refractivity contribution in [3.05, 3.63) is 41.6 Å². The van der Waals surface area contributed by atoms with Gasteiger partial charge in [0.2, 0.25) is 0 Å². The van der Waals surface area contributed by atoms with Crippen LogP contribution in [0.4, 0.5) is 0 Å². The van der Waals surface area contributed by atoms with Crippen molar-refractivity contribution in [3.8, 4) is 11.3 Å². The van der Waals surface area contributed by atoms with Gasteiger partial charge in [-0.05, 0) is 11.6 Å². The van der Waals surface area contributed by atoms with Crippen molar-refractivity contribution in [1.82, 2.24) is 10.2 Å². The fourth-order valence-corrected chi connectivity index (χ4v) is 2.09. The Balaban J connectivity index is 2.21. The van der Waals surface area contributed by atoms with Crippen LogP contribution >= 0.6 is 15.9 Å². The average molecular weight is 341 g/mol. The number of benzene rings is 1. The van der Waals surface area contributed by atoms with E-state index in [1.54, 1.807) is 24.3 Å². The molecule has 4 N–H and O–H groups in total. The lowest BCUT2D eigenvalue weighted by atomic mass is 10.0. The van der Waals surface area contributed by atoms with E-state index >= 15 is 0 Å². The molecule has 6 nitrogen and oxygen atoms in total. The van der Waals surface area contributed by atoms with Gasteiger partial charge in [-0.1, -0.05) is 40.2 Å². The summed E-state index contributed by atoms with van der Waals surface area (Å²) in [4.78, 5) is 10.8. The van der Waals surface area contributed by atoms with Crippen LogP contribution in [0.2, 0.25) is 0 Å². The number of hydrogen-bond acceptors (Lipinski definition) is 4. The minimum Gasteiger partial charge on any atom is -0.477 e. The number of aliphatic hydroxyl groups excluding tert-OH is 2. The number of aromatic carboxylic acids is 1. The van der Waals surface area contributed by atoms with Crippen molar-refractivity contribution in [2.24, 2.45) is 0 Å². The summed E-state index contributed by atoms with van der Waals surface area (Å²) >= 11 is 3.10. The Kier molecular flexibility index (Phi) is 4.53. The van der Waals surface area contributed by atoms with E-state index in [9.17, 15) is 15.0 Å². The molecule has 0 amide bonds. The van der Waals surface area contributed by atoms with Crippen LogP contribution < -0.4 is 0 Å². The molecule has 2 atom stereocenters. The van der Waals surface area contributed by atoms with Crippen molar-refractivity contribution >= 4 is 21.9 Å². The Labute approximate surface area is 123 Å². The zero-order valence-corrected chi connectivity index (χ0v) is 11.9. The first kappa shape index (κ1) is 14.7. The normalized spacial score (nSPS) is 13.9. The summed E-state index contributed by atoms with van der Waals surface area (Å²) in [6.07, 6.45) is -1.86. The van der Waals surface area contributed by atoms with Crippen molar-refractivity contribution < 1.29 is 20.1 Å².